The fourth-order valence-corrected chi connectivity index (χ4v) is 2.28. The predicted molar refractivity (Wildman–Crippen MR) is 59.5 cm³/mol. The molecule has 1 unspecified atom stereocenters. The monoisotopic (exact) mass is 210 g/mol. The van der Waals surface area contributed by atoms with Gasteiger partial charge in [0.25, 0.3) is 0 Å². The van der Waals surface area contributed by atoms with Crippen molar-refractivity contribution in [1.82, 2.24) is 5.32 Å². The first-order valence-corrected chi connectivity index (χ1v) is 6.25. The summed E-state index contributed by atoms with van der Waals surface area (Å²) in [5, 5.41) is 3.32. The molecule has 0 fully saturated rings. The van der Waals surface area contributed by atoms with Crippen LogP contribution in [0.4, 0.5) is 5.69 Å². The molecule has 1 aromatic rings. The summed E-state index contributed by atoms with van der Waals surface area (Å²) in [5.74, 6) is 0. The second kappa shape index (κ2) is 4.11. The Balaban J connectivity index is 2.35. The SMILES string of the molecule is CS(=O)Nc1cccc2c1CCNC2. The van der Waals surface area contributed by atoms with Crippen LogP contribution in [0.15, 0.2) is 18.2 Å². The fraction of sp³-hybridized carbons (Fsp3) is 0.400. The first-order valence-electron chi connectivity index (χ1n) is 4.69. The van der Waals surface area contributed by atoms with E-state index in [1.807, 2.05) is 12.1 Å². The van der Waals surface area contributed by atoms with E-state index >= 15 is 0 Å². The van der Waals surface area contributed by atoms with Crippen molar-refractivity contribution in [2.75, 3.05) is 17.5 Å². The largest absolute Gasteiger partial charge is 0.312 e. The zero-order chi connectivity index (χ0) is 9.97. The van der Waals surface area contributed by atoms with Gasteiger partial charge < -0.3 is 10.0 Å². The second-order valence-electron chi connectivity index (χ2n) is 3.43. The Morgan fingerprint density at radius 1 is 1.50 bits per heavy atom. The Morgan fingerprint density at radius 3 is 3.14 bits per heavy atom. The smallest absolute Gasteiger partial charge is 0.113 e. The molecule has 0 spiro atoms. The van der Waals surface area contributed by atoms with E-state index in [9.17, 15) is 4.21 Å². The van der Waals surface area contributed by atoms with Crippen LogP contribution in [0, 0.1) is 0 Å². The van der Waals surface area contributed by atoms with Gasteiger partial charge in [-0.1, -0.05) is 12.1 Å². The van der Waals surface area contributed by atoms with Crippen molar-refractivity contribution >= 4 is 16.7 Å². The molecule has 1 heterocycles. The molecule has 76 valence electrons. The number of fused-ring (bicyclic) bond motifs is 1. The number of benzene rings is 1. The van der Waals surface area contributed by atoms with Crippen LogP contribution in [0.5, 0.6) is 0 Å². The molecule has 0 saturated carbocycles. The Labute approximate surface area is 86.5 Å². The van der Waals surface area contributed by atoms with Gasteiger partial charge in [0.1, 0.15) is 11.0 Å². The number of anilines is 1. The minimum absolute atomic E-state index is 0.918. The fourth-order valence-electron chi connectivity index (χ4n) is 1.78. The summed E-state index contributed by atoms with van der Waals surface area (Å²) in [7, 11) is -0.985. The Bertz CT molecular complexity index is 365. The van der Waals surface area contributed by atoms with Gasteiger partial charge in [-0.2, -0.15) is 0 Å². The van der Waals surface area contributed by atoms with Gasteiger partial charge in [0.15, 0.2) is 0 Å². The Kier molecular flexibility index (Phi) is 2.84. The molecule has 0 bridgehead atoms. The summed E-state index contributed by atoms with van der Waals surface area (Å²) < 4.78 is 14.1. The zero-order valence-electron chi connectivity index (χ0n) is 8.17. The maximum Gasteiger partial charge on any atom is 0.113 e. The maximum atomic E-state index is 11.1. The van der Waals surface area contributed by atoms with E-state index in [-0.39, 0.29) is 0 Å². The summed E-state index contributed by atoms with van der Waals surface area (Å²) in [6.45, 7) is 1.92. The molecule has 2 N–H and O–H groups in total. The van der Waals surface area contributed by atoms with E-state index in [2.05, 4.69) is 16.1 Å². The summed E-state index contributed by atoms with van der Waals surface area (Å²) in [4.78, 5) is 0. The summed E-state index contributed by atoms with van der Waals surface area (Å²) in [5.41, 5.74) is 3.64. The quantitative estimate of drug-likeness (QED) is 0.765. The van der Waals surface area contributed by atoms with Crippen LogP contribution in [0.1, 0.15) is 11.1 Å². The van der Waals surface area contributed by atoms with E-state index < -0.39 is 11.0 Å². The van der Waals surface area contributed by atoms with Gasteiger partial charge >= 0.3 is 0 Å². The molecule has 1 aliphatic heterocycles. The first-order chi connectivity index (χ1) is 6.77. The zero-order valence-corrected chi connectivity index (χ0v) is 8.99. The van der Waals surface area contributed by atoms with Crippen molar-refractivity contribution < 1.29 is 4.21 Å². The molecule has 1 atom stereocenters. The van der Waals surface area contributed by atoms with Crippen LogP contribution >= 0.6 is 0 Å². The van der Waals surface area contributed by atoms with Gasteiger partial charge in [-0.05, 0) is 30.2 Å². The molecule has 0 aromatic heterocycles. The van der Waals surface area contributed by atoms with Crippen molar-refractivity contribution in [2.24, 2.45) is 0 Å². The van der Waals surface area contributed by atoms with Crippen LogP contribution in [0.2, 0.25) is 0 Å². The first kappa shape index (κ1) is 9.68. The van der Waals surface area contributed by atoms with Gasteiger partial charge in [0.05, 0.1) is 0 Å². The van der Waals surface area contributed by atoms with Crippen molar-refractivity contribution in [2.45, 2.75) is 13.0 Å². The lowest BCUT2D eigenvalue weighted by atomic mass is 9.99. The highest BCUT2D eigenvalue weighted by Crippen LogP contribution is 2.23. The maximum absolute atomic E-state index is 11.1. The van der Waals surface area contributed by atoms with E-state index in [1.165, 1.54) is 11.1 Å². The highest BCUT2D eigenvalue weighted by molar-refractivity contribution is 7.85. The molecule has 2 rings (SSSR count). The lowest BCUT2D eigenvalue weighted by Gasteiger charge is -2.20. The average molecular weight is 210 g/mol. The standard InChI is InChI=1S/C10H14N2OS/c1-14(13)12-10-4-2-3-8-7-11-6-5-9(8)10/h2-4,11-12H,5-7H2,1H3. The average Bonchev–Trinajstić information content (AvgIpc) is 2.18. The number of hydrogen-bond donors (Lipinski definition) is 2. The third-order valence-electron chi connectivity index (χ3n) is 2.39. The molecule has 0 aliphatic carbocycles. The topological polar surface area (TPSA) is 41.1 Å². The molecule has 1 aliphatic rings. The lowest BCUT2D eigenvalue weighted by Crippen LogP contribution is -2.24. The molecule has 0 radical (unpaired) electrons. The summed E-state index contributed by atoms with van der Waals surface area (Å²) in [6.07, 6.45) is 2.66. The second-order valence-corrected chi connectivity index (χ2v) is 4.54. The minimum atomic E-state index is -0.985. The van der Waals surface area contributed by atoms with E-state index in [4.69, 9.17) is 0 Å². The molecule has 4 heteroatoms. The molecular formula is C10H14N2OS. The van der Waals surface area contributed by atoms with Gasteiger partial charge in [-0.15, -0.1) is 0 Å². The molecule has 14 heavy (non-hydrogen) atoms. The van der Waals surface area contributed by atoms with E-state index in [0.29, 0.717) is 0 Å². The van der Waals surface area contributed by atoms with Crippen molar-refractivity contribution in [3.63, 3.8) is 0 Å². The van der Waals surface area contributed by atoms with Crippen molar-refractivity contribution in [3.05, 3.63) is 29.3 Å². The normalized spacial score (nSPS) is 17.2. The highest BCUT2D eigenvalue weighted by Gasteiger charge is 2.12. The molecule has 0 saturated heterocycles. The molecule has 1 aromatic carbocycles. The van der Waals surface area contributed by atoms with E-state index in [0.717, 1.165) is 25.2 Å². The van der Waals surface area contributed by atoms with Crippen LogP contribution in [-0.4, -0.2) is 17.0 Å². The number of nitrogens with one attached hydrogen (secondary N) is 2. The number of hydrogen-bond acceptors (Lipinski definition) is 2. The van der Waals surface area contributed by atoms with Gasteiger partial charge in [0.2, 0.25) is 0 Å². The van der Waals surface area contributed by atoms with Gasteiger partial charge in [-0.3, -0.25) is 0 Å². The van der Waals surface area contributed by atoms with Crippen LogP contribution in [0.3, 0.4) is 0 Å². The molecule has 0 amide bonds. The third kappa shape index (κ3) is 1.96. The van der Waals surface area contributed by atoms with Crippen LogP contribution in [0.25, 0.3) is 0 Å². The third-order valence-corrected chi connectivity index (χ3v) is 2.90. The van der Waals surface area contributed by atoms with Crippen LogP contribution in [-0.2, 0) is 24.0 Å². The Hall–Kier alpha value is -0.870. The minimum Gasteiger partial charge on any atom is -0.312 e. The van der Waals surface area contributed by atoms with Gasteiger partial charge in [-0.25, -0.2) is 4.21 Å². The highest BCUT2D eigenvalue weighted by atomic mass is 32.2. The lowest BCUT2D eigenvalue weighted by molar-refractivity contribution is 0.645. The molecule has 3 nitrogen and oxygen atoms in total. The van der Waals surface area contributed by atoms with Crippen molar-refractivity contribution in [3.8, 4) is 0 Å². The van der Waals surface area contributed by atoms with Crippen molar-refractivity contribution in [1.29, 1.82) is 0 Å². The Morgan fingerprint density at radius 2 is 2.36 bits per heavy atom. The van der Waals surface area contributed by atoms with E-state index in [1.54, 1.807) is 6.26 Å². The molecular weight excluding hydrogens is 196 g/mol. The van der Waals surface area contributed by atoms with Gasteiger partial charge in [0, 0.05) is 18.5 Å². The predicted octanol–water partition coefficient (Wildman–Crippen LogP) is 1.04. The number of rotatable bonds is 2. The summed E-state index contributed by atoms with van der Waals surface area (Å²) >= 11 is 0. The van der Waals surface area contributed by atoms with Crippen LogP contribution < -0.4 is 10.0 Å². The summed E-state index contributed by atoms with van der Waals surface area (Å²) in [6, 6.07) is 6.11.